The third-order valence-electron chi connectivity index (χ3n) is 4.09. The molecule has 1 heterocycles. The molecule has 21 heavy (non-hydrogen) atoms. The first-order chi connectivity index (χ1) is 10.3. The molecule has 1 aromatic heterocycles. The molecule has 0 bridgehead atoms. The number of nitrogens with zero attached hydrogens (tertiary/aromatic N) is 2. The van der Waals surface area contributed by atoms with Crippen LogP contribution >= 0.6 is 11.8 Å². The van der Waals surface area contributed by atoms with E-state index in [0.29, 0.717) is 11.3 Å². The molecule has 2 atom stereocenters. The summed E-state index contributed by atoms with van der Waals surface area (Å²) < 4.78 is 1.88. The van der Waals surface area contributed by atoms with Crippen molar-refractivity contribution < 1.29 is 0 Å². The first-order valence-electron chi connectivity index (χ1n) is 7.74. The molecule has 0 fully saturated rings. The van der Waals surface area contributed by atoms with Crippen LogP contribution in [0.1, 0.15) is 36.9 Å². The third kappa shape index (κ3) is 3.33. The van der Waals surface area contributed by atoms with Gasteiger partial charge in [-0.1, -0.05) is 31.2 Å². The van der Waals surface area contributed by atoms with Gasteiger partial charge >= 0.3 is 0 Å². The molecule has 0 saturated carbocycles. The summed E-state index contributed by atoms with van der Waals surface area (Å²) in [5.74, 6) is 0. The van der Waals surface area contributed by atoms with Crippen LogP contribution in [-0.4, -0.2) is 21.6 Å². The molecule has 2 aromatic rings. The Labute approximate surface area is 131 Å². The van der Waals surface area contributed by atoms with Crippen molar-refractivity contribution in [2.75, 3.05) is 6.54 Å². The highest BCUT2D eigenvalue weighted by Gasteiger charge is 2.28. The molecule has 1 aliphatic carbocycles. The maximum Gasteiger partial charge on any atom is 0.0625 e. The zero-order valence-electron chi connectivity index (χ0n) is 12.7. The van der Waals surface area contributed by atoms with Crippen LogP contribution in [0.4, 0.5) is 0 Å². The summed E-state index contributed by atoms with van der Waals surface area (Å²) in [4.78, 5) is 1.27. The molecule has 0 saturated heterocycles. The Kier molecular flexibility index (Phi) is 4.66. The first kappa shape index (κ1) is 14.7. The zero-order chi connectivity index (χ0) is 14.7. The van der Waals surface area contributed by atoms with Crippen molar-refractivity contribution in [1.82, 2.24) is 15.1 Å². The number of thioether (sulfide) groups is 1. The zero-order valence-corrected chi connectivity index (χ0v) is 13.6. The van der Waals surface area contributed by atoms with E-state index in [2.05, 4.69) is 47.8 Å². The van der Waals surface area contributed by atoms with E-state index in [4.69, 9.17) is 0 Å². The fourth-order valence-corrected chi connectivity index (χ4v) is 4.48. The Balaban J connectivity index is 1.88. The summed E-state index contributed by atoms with van der Waals surface area (Å²) in [6.45, 7) is 3.20. The lowest BCUT2D eigenvalue weighted by Gasteiger charge is -2.26. The summed E-state index contributed by atoms with van der Waals surface area (Å²) in [7, 11) is 1.98. The number of fused-ring (bicyclic) bond motifs is 1. The fraction of sp³-hybridized carbons (Fsp3) is 0.471. The molecule has 0 spiro atoms. The number of rotatable bonds is 4. The Bertz CT molecular complexity index is 593. The Morgan fingerprint density at radius 3 is 3.00 bits per heavy atom. The van der Waals surface area contributed by atoms with E-state index in [1.54, 1.807) is 0 Å². The standard InChI is InChI=1S/C17H23N3S/c1-3-18-17-15-9-5-4-7-13(15)8-6-10-16(17)21-14-11-19-20(2)12-14/h4-5,7,9,11-12,16-18H,3,6,8,10H2,1-2H3. The first-order valence-corrected chi connectivity index (χ1v) is 8.62. The summed E-state index contributed by atoms with van der Waals surface area (Å²) in [6.07, 6.45) is 7.79. The van der Waals surface area contributed by atoms with E-state index in [1.165, 1.54) is 35.3 Å². The molecular weight excluding hydrogens is 278 g/mol. The summed E-state index contributed by atoms with van der Waals surface area (Å²) in [6, 6.07) is 9.34. The number of benzene rings is 1. The van der Waals surface area contributed by atoms with Gasteiger partial charge in [-0.3, -0.25) is 4.68 Å². The van der Waals surface area contributed by atoms with Gasteiger partial charge in [0.25, 0.3) is 0 Å². The molecule has 1 aliphatic rings. The lowest BCUT2D eigenvalue weighted by molar-refractivity contribution is 0.516. The molecule has 4 heteroatoms. The molecular formula is C17H23N3S. The quantitative estimate of drug-likeness (QED) is 0.876. The van der Waals surface area contributed by atoms with Gasteiger partial charge in [-0.05, 0) is 36.9 Å². The van der Waals surface area contributed by atoms with Crippen molar-refractivity contribution in [3.05, 3.63) is 47.8 Å². The predicted octanol–water partition coefficient (Wildman–Crippen LogP) is 3.57. The van der Waals surface area contributed by atoms with E-state index >= 15 is 0 Å². The van der Waals surface area contributed by atoms with Crippen LogP contribution in [0.5, 0.6) is 0 Å². The van der Waals surface area contributed by atoms with Crippen LogP contribution in [0.25, 0.3) is 0 Å². The van der Waals surface area contributed by atoms with Crippen molar-refractivity contribution >= 4 is 11.8 Å². The van der Waals surface area contributed by atoms with Crippen molar-refractivity contribution in [3.63, 3.8) is 0 Å². The van der Waals surface area contributed by atoms with E-state index in [9.17, 15) is 0 Å². The van der Waals surface area contributed by atoms with Gasteiger partial charge in [0, 0.05) is 29.4 Å². The molecule has 2 unspecified atom stereocenters. The van der Waals surface area contributed by atoms with Crippen LogP contribution in [-0.2, 0) is 13.5 Å². The average molecular weight is 301 g/mol. The molecule has 3 rings (SSSR count). The lowest BCUT2D eigenvalue weighted by Crippen LogP contribution is -2.29. The fourth-order valence-electron chi connectivity index (χ4n) is 3.15. The van der Waals surface area contributed by atoms with Gasteiger partial charge in [0.2, 0.25) is 0 Å². The molecule has 1 aromatic carbocycles. The normalized spacial score (nSPS) is 21.8. The largest absolute Gasteiger partial charge is 0.309 e. The van der Waals surface area contributed by atoms with Gasteiger partial charge in [-0.25, -0.2) is 0 Å². The highest BCUT2D eigenvalue weighted by atomic mass is 32.2. The maximum absolute atomic E-state index is 4.30. The maximum atomic E-state index is 4.30. The predicted molar refractivity (Wildman–Crippen MR) is 88.7 cm³/mol. The van der Waals surface area contributed by atoms with Gasteiger partial charge < -0.3 is 5.32 Å². The number of hydrogen-bond donors (Lipinski definition) is 1. The highest BCUT2D eigenvalue weighted by molar-refractivity contribution is 8.00. The van der Waals surface area contributed by atoms with Crippen molar-refractivity contribution in [2.45, 2.75) is 42.4 Å². The van der Waals surface area contributed by atoms with Crippen molar-refractivity contribution in [1.29, 1.82) is 0 Å². The Hall–Kier alpha value is -1.26. The Morgan fingerprint density at radius 2 is 2.24 bits per heavy atom. The topological polar surface area (TPSA) is 29.9 Å². The Morgan fingerprint density at radius 1 is 1.38 bits per heavy atom. The smallest absolute Gasteiger partial charge is 0.0625 e. The number of nitrogens with one attached hydrogen (secondary N) is 1. The second-order valence-corrected chi connectivity index (χ2v) is 6.95. The highest BCUT2D eigenvalue weighted by Crippen LogP contribution is 2.38. The number of hydrogen-bond acceptors (Lipinski definition) is 3. The SMILES string of the molecule is CCNC1c2ccccc2CCCC1Sc1cnn(C)c1. The van der Waals surface area contributed by atoms with E-state index < -0.39 is 0 Å². The molecule has 3 nitrogen and oxygen atoms in total. The van der Waals surface area contributed by atoms with E-state index in [1.807, 2.05) is 29.7 Å². The van der Waals surface area contributed by atoms with Crippen LogP contribution in [0.15, 0.2) is 41.6 Å². The third-order valence-corrected chi connectivity index (χ3v) is 5.38. The number of aromatic nitrogens is 2. The minimum atomic E-state index is 0.430. The van der Waals surface area contributed by atoms with Gasteiger partial charge in [0.1, 0.15) is 0 Å². The lowest BCUT2D eigenvalue weighted by atomic mass is 9.99. The molecule has 112 valence electrons. The van der Waals surface area contributed by atoms with Crippen molar-refractivity contribution in [3.8, 4) is 0 Å². The second kappa shape index (κ2) is 6.67. The minimum Gasteiger partial charge on any atom is -0.309 e. The van der Waals surface area contributed by atoms with E-state index in [-0.39, 0.29) is 0 Å². The van der Waals surface area contributed by atoms with E-state index in [0.717, 1.165) is 6.54 Å². The average Bonchev–Trinajstić information content (AvgIpc) is 2.81. The molecule has 1 N–H and O–H groups in total. The van der Waals surface area contributed by atoms with Crippen LogP contribution in [0, 0.1) is 0 Å². The molecule has 0 amide bonds. The van der Waals surface area contributed by atoms with Gasteiger partial charge in [0.05, 0.1) is 6.20 Å². The number of aryl methyl sites for hydroxylation is 2. The summed E-state index contributed by atoms with van der Waals surface area (Å²) in [5.41, 5.74) is 3.00. The van der Waals surface area contributed by atoms with Gasteiger partial charge in [-0.15, -0.1) is 11.8 Å². The van der Waals surface area contributed by atoms with Crippen LogP contribution in [0.3, 0.4) is 0 Å². The van der Waals surface area contributed by atoms with Gasteiger partial charge in [-0.2, -0.15) is 5.10 Å². The van der Waals surface area contributed by atoms with Crippen LogP contribution in [0.2, 0.25) is 0 Å². The molecule has 0 aliphatic heterocycles. The van der Waals surface area contributed by atoms with Crippen LogP contribution < -0.4 is 5.32 Å². The molecule has 0 radical (unpaired) electrons. The van der Waals surface area contributed by atoms with Crippen molar-refractivity contribution in [2.24, 2.45) is 7.05 Å². The monoisotopic (exact) mass is 301 g/mol. The summed E-state index contributed by atoms with van der Waals surface area (Å²) >= 11 is 1.96. The minimum absolute atomic E-state index is 0.430. The second-order valence-electron chi connectivity index (χ2n) is 5.63. The summed E-state index contributed by atoms with van der Waals surface area (Å²) in [5, 5.41) is 8.57. The van der Waals surface area contributed by atoms with Gasteiger partial charge in [0.15, 0.2) is 0 Å².